The topological polar surface area (TPSA) is 35.2 Å². The lowest BCUT2D eigenvalue weighted by molar-refractivity contribution is 0.403. The van der Waals surface area contributed by atoms with E-state index in [-0.39, 0.29) is 18.4 Å². The van der Waals surface area contributed by atoms with Gasteiger partial charge in [0.25, 0.3) is 0 Å². The van der Waals surface area contributed by atoms with E-state index >= 15 is 0 Å². The molecule has 17 heavy (non-hydrogen) atoms. The summed E-state index contributed by atoms with van der Waals surface area (Å²) in [6.07, 6.45) is 4.67. The minimum Gasteiger partial charge on any atom is -0.496 e. The van der Waals surface area contributed by atoms with Crippen LogP contribution in [0.1, 0.15) is 44.2 Å². The molecule has 4 heteroatoms. The number of nitrogens with two attached hydrogens (primary N) is 1. The smallest absolute Gasteiger partial charge is 0.124 e. The van der Waals surface area contributed by atoms with E-state index in [4.69, 9.17) is 10.5 Å². The Morgan fingerprint density at radius 2 is 2.06 bits per heavy atom. The van der Waals surface area contributed by atoms with Crippen molar-refractivity contribution in [1.29, 1.82) is 0 Å². The first-order valence-corrected chi connectivity index (χ1v) is 6.57. The van der Waals surface area contributed by atoms with E-state index in [0.717, 1.165) is 22.2 Å². The predicted molar refractivity (Wildman–Crippen MR) is 79.0 cm³/mol. The Labute approximate surface area is 118 Å². The van der Waals surface area contributed by atoms with Gasteiger partial charge in [-0.15, -0.1) is 12.4 Å². The van der Waals surface area contributed by atoms with Crippen molar-refractivity contribution in [2.24, 2.45) is 5.73 Å². The summed E-state index contributed by atoms with van der Waals surface area (Å²) in [5.74, 6) is 0.873. The fourth-order valence-electron chi connectivity index (χ4n) is 1.76. The molecule has 2 nitrogen and oxygen atoms in total. The van der Waals surface area contributed by atoms with E-state index in [1.165, 1.54) is 19.3 Å². The molecule has 0 aromatic heterocycles. The molecule has 0 saturated carbocycles. The summed E-state index contributed by atoms with van der Waals surface area (Å²) >= 11 is 3.43. The molecule has 0 heterocycles. The summed E-state index contributed by atoms with van der Waals surface area (Å²) in [6.45, 7) is 2.20. The fraction of sp³-hybridized carbons (Fsp3) is 0.538. The van der Waals surface area contributed by atoms with Gasteiger partial charge in [0.1, 0.15) is 5.75 Å². The van der Waals surface area contributed by atoms with Crippen LogP contribution in [-0.2, 0) is 0 Å². The van der Waals surface area contributed by atoms with Crippen molar-refractivity contribution in [1.82, 2.24) is 0 Å². The van der Waals surface area contributed by atoms with Crippen LogP contribution in [0.3, 0.4) is 0 Å². The number of rotatable bonds is 6. The molecule has 1 atom stereocenters. The molecule has 2 N–H and O–H groups in total. The van der Waals surface area contributed by atoms with Gasteiger partial charge >= 0.3 is 0 Å². The highest BCUT2D eigenvalue weighted by Crippen LogP contribution is 2.29. The molecule has 1 rings (SSSR count). The van der Waals surface area contributed by atoms with Crippen LogP contribution in [0.5, 0.6) is 5.75 Å². The van der Waals surface area contributed by atoms with Gasteiger partial charge < -0.3 is 10.5 Å². The summed E-state index contributed by atoms with van der Waals surface area (Å²) in [4.78, 5) is 0. The summed E-state index contributed by atoms with van der Waals surface area (Å²) in [5.41, 5.74) is 7.27. The van der Waals surface area contributed by atoms with Crippen molar-refractivity contribution in [2.45, 2.75) is 38.6 Å². The Balaban J connectivity index is 0.00000256. The van der Waals surface area contributed by atoms with Gasteiger partial charge in [0, 0.05) is 16.1 Å². The quantitative estimate of drug-likeness (QED) is 0.785. The maximum Gasteiger partial charge on any atom is 0.124 e. The van der Waals surface area contributed by atoms with E-state index in [2.05, 4.69) is 22.9 Å². The first-order chi connectivity index (χ1) is 7.69. The first kappa shape index (κ1) is 16.8. The van der Waals surface area contributed by atoms with Gasteiger partial charge in [-0.2, -0.15) is 0 Å². The van der Waals surface area contributed by atoms with Crippen LogP contribution in [0.25, 0.3) is 0 Å². The van der Waals surface area contributed by atoms with Gasteiger partial charge in [-0.05, 0) is 18.6 Å². The Morgan fingerprint density at radius 3 is 2.65 bits per heavy atom. The normalized spacial score (nSPS) is 11.8. The third kappa shape index (κ3) is 5.28. The number of halogens is 2. The van der Waals surface area contributed by atoms with E-state index in [9.17, 15) is 0 Å². The number of unbranched alkanes of at least 4 members (excludes halogenated alkanes) is 2. The average Bonchev–Trinajstić information content (AvgIpc) is 2.29. The molecule has 98 valence electrons. The highest BCUT2D eigenvalue weighted by atomic mass is 79.9. The van der Waals surface area contributed by atoms with Crippen molar-refractivity contribution in [3.05, 3.63) is 28.2 Å². The van der Waals surface area contributed by atoms with Crippen LogP contribution in [0.2, 0.25) is 0 Å². The summed E-state index contributed by atoms with van der Waals surface area (Å²) < 4.78 is 6.37. The molecule has 1 aromatic rings. The minimum absolute atomic E-state index is 0. The highest BCUT2D eigenvalue weighted by Gasteiger charge is 2.11. The molecule has 0 aliphatic heterocycles. The van der Waals surface area contributed by atoms with Crippen LogP contribution in [-0.4, -0.2) is 7.11 Å². The molecule has 0 spiro atoms. The summed E-state index contributed by atoms with van der Waals surface area (Å²) in [5, 5.41) is 0. The summed E-state index contributed by atoms with van der Waals surface area (Å²) in [6, 6.07) is 6.10. The molecule has 0 fully saturated rings. The summed E-state index contributed by atoms with van der Waals surface area (Å²) in [7, 11) is 1.68. The Bertz CT molecular complexity index is 333. The zero-order chi connectivity index (χ0) is 12.0. The van der Waals surface area contributed by atoms with E-state index in [1.54, 1.807) is 7.11 Å². The van der Waals surface area contributed by atoms with E-state index in [0.29, 0.717) is 0 Å². The molecular formula is C13H21BrClNO. The van der Waals surface area contributed by atoms with E-state index < -0.39 is 0 Å². The largest absolute Gasteiger partial charge is 0.496 e. The van der Waals surface area contributed by atoms with Crippen LogP contribution >= 0.6 is 28.3 Å². The molecule has 0 aliphatic rings. The number of hydrogen-bond donors (Lipinski definition) is 1. The van der Waals surface area contributed by atoms with Gasteiger partial charge in [-0.25, -0.2) is 0 Å². The van der Waals surface area contributed by atoms with Gasteiger partial charge in [-0.3, -0.25) is 0 Å². The first-order valence-electron chi connectivity index (χ1n) is 5.78. The Morgan fingerprint density at radius 1 is 1.35 bits per heavy atom. The van der Waals surface area contributed by atoms with Crippen molar-refractivity contribution in [3.8, 4) is 5.75 Å². The average molecular weight is 323 g/mol. The van der Waals surface area contributed by atoms with Crippen molar-refractivity contribution < 1.29 is 4.74 Å². The van der Waals surface area contributed by atoms with Crippen LogP contribution in [0, 0.1) is 0 Å². The Kier molecular flexibility index (Phi) is 8.66. The van der Waals surface area contributed by atoms with Crippen LogP contribution in [0.15, 0.2) is 22.7 Å². The molecule has 0 unspecified atom stereocenters. The second kappa shape index (κ2) is 8.78. The molecule has 0 bridgehead atoms. The number of methoxy groups -OCH3 is 1. The Hall–Kier alpha value is -0.250. The lowest BCUT2D eigenvalue weighted by Gasteiger charge is -2.15. The molecule has 0 radical (unpaired) electrons. The lowest BCUT2D eigenvalue weighted by Crippen LogP contribution is -2.11. The van der Waals surface area contributed by atoms with Crippen LogP contribution < -0.4 is 10.5 Å². The van der Waals surface area contributed by atoms with Gasteiger partial charge in [-0.1, -0.05) is 48.2 Å². The van der Waals surface area contributed by atoms with Gasteiger partial charge in [0.15, 0.2) is 0 Å². The zero-order valence-electron chi connectivity index (χ0n) is 10.4. The monoisotopic (exact) mass is 321 g/mol. The highest BCUT2D eigenvalue weighted by molar-refractivity contribution is 9.10. The molecule has 1 aromatic carbocycles. The standard InChI is InChI=1S/C13H20BrNO.ClH/c1-3-4-5-6-12(15)11-8-7-10(14)9-13(11)16-2;/h7-9,12H,3-6,15H2,1-2H3;1H/t12-;/m0./s1. The molecule has 0 saturated heterocycles. The third-order valence-electron chi connectivity index (χ3n) is 2.71. The number of hydrogen-bond acceptors (Lipinski definition) is 2. The minimum atomic E-state index is 0. The number of benzene rings is 1. The van der Waals surface area contributed by atoms with E-state index in [1.807, 2.05) is 18.2 Å². The molecule has 0 aliphatic carbocycles. The maximum absolute atomic E-state index is 6.17. The van der Waals surface area contributed by atoms with Crippen molar-refractivity contribution in [3.63, 3.8) is 0 Å². The second-order valence-electron chi connectivity index (χ2n) is 3.99. The SMILES string of the molecule is CCCCC[C@H](N)c1ccc(Br)cc1OC.Cl. The van der Waals surface area contributed by atoms with Crippen LogP contribution in [0.4, 0.5) is 0 Å². The number of ether oxygens (including phenoxy) is 1. The maximum atomic E-state index is 6.17. The second-order valence-corrected chi connectivity index (χ2v) is 4.90. The van der Waals surface area contributed by atoms with Crippen molar-refractivity contribution >= 4 is 28.3 Å². The molecule has 0 amide bonds. The predicted octanol–water partition coefficient (Wildman–Crippen LogP) is 4.46. The third-order valence-corrected chi connectivity index (χ3v) is 3.21. The van der Waals surface area contributed by atoms with Gasteiger partial charge in [0.05, 0.1) is 7.11 Å². The molecular weight excluding hydrogens is 302 g/mol. The lowest BCUT2D eigenvalue weighted by atomic mass is 10.0. The fourth-order valence-corrected chi connectivity index (χ4v) is 2.10. The van der Waals surface area contributed by atoms with Gasteiger partial charge in [0.2, 0.25) is 0 Å². The van der Waals surface area contributed by atoms with Crippen molar-refractivity contribution in [2.75, 3.05) is 7.11 Å². The zero-order valence-corrected chi connectivity index (χ0v) is 12.8.